The molecule has 2 rings (SSSR count). The fraction of sp³-hybridized carbons (Fsp3) is 0.357. The topological polar surface area (TPSA) is 80.0 Å². The number of anilines is 2. The molecule has 0 fully saturated rings. The Bertz CT molecular complexity index is 607. The standard InChI is InChI=1S/C14H18N4O2/c1-4-7-15-12-6-5-11(8-9(12)2)13(19)17-14-16-10(3)18-20-14/h5-6,8,15H,4,7H2,1-3H3,(H,16,17,18,19). The molecule has 0 saturated carbocycles. The van der Waals surface area contributed by atoms with Crippen molar-refractivity contribution in [1.29, 1.82) is 0 Å². The zero-order valence-corrected chi connectivity index (χ0v) is 11.9. The third-order valence-corrected chi connectivity index (χ3v) is 2.80. The van der Waals surface area contributed by atoms with Crippen LogP contribution < -0.4 is 10.6 Å². The Kier molecular flexibility index (Phi) is 4.34. The van der Waals surface area contributed by atoms with E-state index in [-0.39, 0.29) is 11.9 Å². The molecular weight excluding hydrogens is 256 g/mol. The molecule has 0 unspecified atom stereocenters. The first-order valence-electron chi connectivity index (χ1n) is 6.56. The molecule has 2 N–H and O–H groups in total. The fourth-order valence-electron chi connectivity index (χ4n) is 1.78. The predicted octanol–water partition coefficient (Wildman–Crippen LogP) is 2.76. The molecule has 1 aromatic carbocycles. The van der Waals surface area contributed by atoms with Gasteiger partial charge in [0.15, 0.2) is 5.82 Å². The Morgan fingerprint density at radius 1 is 1.35 bits per heavy atom. The van der Waals surface area contributed by atoms with Crippen LogP contribution in [0, 0.1) is 13.8 Å². The number of carbonyl (C=O) groups is 1. The van der Waals surface area contributed by atoms with E-state index in [0.29, 0.717) is 11.4 Å². The molecular formula is C14H18N4O2. The van der Waals surface area contributed by atoms with Crippen LogP contribution in [-0.4, -0.2) is 22.6 Å². The van der Waals surface area contributed by atoms with Crippen LogP contribution in [0.15, 0.2) is 22.7 Å². The van der Waals surface area contributed by atoms with Gasteiger partial charge in [0.2, 0.25) is 0 Å². The molecule has 0 aliphatic heterocycles. The van der Waals surface area contributed by atoms with E-state index in [4.69, 9.17) is 4.52 Å². The van der Waals surface area contributed by atoms with E-state index < -0.39 is 0 Å². The van der Waals surface area contributed by atoms with Crippen LogP contribution in [-0.2, 0) is 0 Å². The van der Waals surface area contributed by atoms with E-state index in [1.807, 2.05) is 19.1 Å². The Morgan fingerprint density at radius 2 is 2.15 bits per heavy atom. The number of carbonyl (C=O) groups excluding carboxylic acids is 1. The molecule has 6 heteroatoms. The SMILES string of the molecule is CCCNc1ccc(C(=O)Nc2nc(C)no2)cc1C. The van der Waals surface area contributed by atoms with Gasteiger partial charge in [-0.3, -0.25) is 10.1 Å². The second kappa shape index (κ2) is 6.18. The van der Waals surface area contributed by atoms with Gasteiger partial charge in [-0.25, -0.2) is 0 Å². The molecule has 0 radical (unpaired) electrons. The Balaban J connectivity index is 2.08. The number of benzene rings is 1. The molecule has 106 valence electrons. The van der Waals surface area contributed by atoms with Crippen LogP contribution in [0.4, 0.5) is 11.7 Å². The lowest BCUT2D eigenvalue weighted by atomic mass is 10.1. The van der Waals surface area contributed by atoms with Crippen molar-refractivity contribution in [1.82, 2.24) is 10.1 Å². The van der Waals surface area contributed by atoms with E-state index in [9.17, 15) is 4.79 Å². The minimum atomic E-state index is -0.265. The summed E-state index contributed by atoms with van der Waals surface area (Å²) in [4.78, 5) is 16.0. The molecule has 0 atom stereocenters. The number of hydrogen-bond donors (Lipinski definition) is 2. The van der Waals surface area contributed by atoms with Crippen molar-refractivity contribution in [2.24, 2.45) is 0 Å². The second-order valence-corrected chi connectivity index (χ2v) is 4.56. The van der Waals surface area contributed by atoms with Crippen LogP contribution in [0.1, 0.15) is 35.1 Å². The molecule has 2 aromatic rings. The van der Waals surface area contributed by atoms with E-state index in [2.05, 4.69) is 27.7 Å². The van der Waals surface area contributed by atoms with Crippen molar-refractivity contribution in [3.05, 3.63) is 35.2 Å². The van der Waals surface area contributed by atoms with E-state index in [0.717, 1.165) is 24.2 Å². The second-order valence-electron chi connectivity index (χ2n) is 4.56. The van der Waals surface area contributed by atoms with Crippen LogP contribution in [0.25, 0.3) is 0 Å². The number of nitrogens with one attached hydrogen (secondary N) is 2. The van der Waals surface area contributed by atoms with Crippen LogP contribution in [0.2, 0.25) is 0 Å². The van der Waals surface area contributed by atoms with E-state index >= 15 is 0 Å². The molecule has 1 heterocycles. The third kappa shape index (κ3) is 3.34. The molecule has 0 aliphatic rings. The van der Waals surface area contributed by atoms with Gasteiger partial charge in [-0.15, -0.1) is 0 Å². The van der Waals surface area contributed by atoms with Gasteiger partial charge in [0.1, 0.15) is 0 Å². The summed E-state index contributed by atoms with van der Waals surface area (Å²) in [5.74, 6) is 0.217. The molecule has 0 spiro atoms. The highest BCUT2D eigenvalue weighted by Crippen LogP contribution is 2.17. The summed E-state index contributed by atoms with van der Waals surface area (Å²) >= 11 is 0. The van der Waals surface area contributed by atoms with Crippen molar-refractivity contribution >= 4 is 17.6 Å². The molecule has 1 aromatic heterocycles. The van der Waals surface area contributed by atoms with E-state index in [1.165, 1.54) is 0 Å². The van der Waals surface area contributed by atoms with Gasteiger partial charge < -0.3 is 9.84 Å². The molecule has 1 amide bonds. The summed E-state index contributed by atoms with van der Waals surface area (Å²) < 4.78 is 4.86. The maximum absolute atomic E-state index is 12.0. The number of aromatic nitrogens is 2. The van der Waals surface area contributed by atoms with E-state index in [1.54, 1.807) is 13.0 Å². The summed E-state index contributed by atoms with van der Waals surface area (Å²) in [5.41, 5.74) is 2.62. The van der Waals surface area contributed by atoms with Crippen molar-refractivity contribution in [3.63, 3.8) is 0 Å². The number of nitrogens with zero attached hydrogens (tertiary/aromatic N) is 2. The van der Waals surface area contributed by atoms with Crippen molar-refractivity contribution < 1.29 is 9.32 Å². The number of amides is 1. The Morgan fingerprint density at radius 3 is 2.75 bits per heavy atom. The minimum Gasteiger partial charge on any atom is -0.385 e. The predicted molar refractivity (Wildman–Crippen MR) is 76.9 cm³/mol. The highest BCUT2D eigenvalue weighted by atomic mass is 16.5. The number of aryl methyl sites for hydroxylation is 2. The highest BCUT2D eigenvalue weighted by molar-refractivity contribution is 6.03. The van der Waals surface area contributed by atoms with Crippen LogP contribution in [0.5, 0.6) is 0 Å². The van der Waals surface area contributed by atoms with Crippen LogP contribution >= 0.6 is 0 Å². The molecule has 6 nitrogen and oxygen atoms in total. The number of hydrogen-bond acceptors (Lipinski definition) is 5. The lowest BCUT2D eigenvalue weighted by molar-refractivity contribution is 0.102. The number of rotatable bonds is 5. The maximum atomic E-state index is 12.0. The van der Waals surface area contributed by atoms with Gasteiger partial charge in [0, 0.05) is 17.8 Å². The third-order valence-electron chi connectivity index (χ3n) is 2.80. The van der Waals surface area contributed by atoms with Crippen molar-refractivity contribution in [3.8, 4) is 0 Å². The quantitative estimate of drug-likeness (QED) is 0.876. The summed E-state index contributed by atoms with van der Waals surface area (Å²) in [7, 11) is 0. The Hall–Kier alpha value is -2.37. The highest BCUT2D eigenvalue weighted by Gasteiger charge is 2.11. The smallest absolute Gasteiger partial charge is 0.328 e. The summed E-state index contributed by atoms with van der Waals surface area (Å²) in [5, 5.41) is 9.50. The van der Waals surface area contributed by atoms with Gasteiger partial charge in [-0.2, -0.15) is 4.98 Å². The minimum absolute atomic E-state index is 0.110. The molecule has 0 saturated heterocycles. The zero-order chi connectivity index (χ0) is 14.5. The largest absolute Gasteiger partial charge is 0.385 e. The molecule has 0 aliphatic carbocycles. The molecule has 0 bridgehead atoms. The first-order chi connectivity index (χ1) is 9.60. The summed E-state index contributed by atoms with van der Waals surface area (Å²) in [6.07, 6.45) is 1.05. The van der Waals surface area contributed by atoms with Crippen LogP contribution in [0.3, 0.4) is 0 Å². The lowest BCUT2D eigenvalue weighted by Crippen LogP contribution is -2.13. The van der Waals surface area contributed by atoms with Gasteiger partial charge >= 0.3 is 6.01 Å². The zero-order valence-electron chi connectivity index (χ0n) is 11.9. The molecule has 20 heavy (non-hydrogen) atoms. The Labute approximate surface area is 117 Å². The van der Waals surface area contributed by atoms with Gasteiger partial charge in [0.25, 0.3) is 5.91 Å². The average molecular weight is 274 g/mol. The maximum Gasteiger partial charge on any atom is 0.328 e. The van der Waals surface area contributed by atoms with Gasteiger partial charge in [-0.1, -0.05) is 12.1 Å². The van der Waals surface area contributed by atoms with Crippen molar-refractivity contribution in [2.45, 2.75) is 27.2 Å². The van der Waals surface area contributed by atoms with Crippen molar-refractivity contribution in [2.75, 3.05) is 17.2 Å². The summed E-state index contributed by atoms with van der Waals surface area (Å²) in [6.45, 7) is 6.67. The normalized spacial score (nSPS) is 10.3. The first kappa shape index (κ1) is 14.0. The first-order valence-corrected chi connectivity index (χ1v) is 6.56. The van der Waals surface area contributed by atoms with Gasteiger partial charge in [-0.05, 0) is 44.0 Å². The lowest BCUT2D eigenvalue weighted by Gasteiger charge is -2.09. The fourth-order valence-corrected chi connectivity index (χ4v) is 1.78. The summed E-state index contributed by atoms with van der Waals surface area (Å²) in [6, 6.07) is 5.61. The van der Waals surface area contributed by atoms with Gasteiger partial charge in [0.05, 0.1) is 0 Å². The monoisotopic (exact) mass is 274 g/mol. The average Bonchev–Trinajstić information content (AvgIpc) is 2.82.